The van der Waals surface area contributed by atoms with Gasteiger partial charge in [0.15, 0.2) is 0 Å². The highest BCUT2D eigenvalue weighted by atomic mass is 16.6. The van der Waals surface area contributed by atoms with Crippen molar-refractivity contribution in [1.82, 2.24) is 14.3 Å². The highest BCUT2D eigenvalue weighted by molar-refractivity contribution is 5.62. The Bertz CT molecular complexity index is 768. The van der Waals surface area contributed by atoms with Gasteiger partial charge in [0, 0.05) is 44.3 Å². The number of rotatable bonds is 6. The lowest BCUT2D eigenvalue weighted by molar-refractivity contribution is -0.389. The monoisotopic (exact) mass is 361 g/mol. The number of nitro groups is 1. The molecule has 2 aromatic rings. The van der Waals surface area contributed by atoms with Crippen LogP contribution in [-0.4, -0.2) is 71.3 Å². The maximum absolute atomic E-state index is 11.6. The molecule has 26 heavy (non-hydrogen) atoms. The number of hydrogen-bond acceptors (Lipinski definition) is 7. The Morgan fingerprint density at radius 3 is 2.88 bits per heavy atom. The first-order valence-corrected chi connectivity index (χ1v) is 8.99. The summed E-state index contributed by atoms with van der Waals surface area (Å²) in [5, 5.41) is 14.8. The molecule has 0 spiro atoms. The summed E-state index contributed by atoms with van der Waals surface area (Å²) < 4.78 is 12.5. The highest BCUT2D eigenvalue weighted by Gasteiger charge is 2.32. The lowest BCUT2D eigenvalue weighted by Crippen LogP contribution is -2.50. The smallest absolute Gasteiger partial charge is 0.372 e. The molecule has 9 nitrogen and oxygen atoms in total. The van der Waals surface area contributed by atoms with E-state index in [1.165, 1.54) is 4.40 Å². The van der Waals surface area contributed by atoms with Crippen LogP contribution in [-0.2, 0) is 9.47 Å². The van der Waals surface area contributed by atoms with Crippen molar-refractivity contribution in [2.45, 2.75) is 12.5 Å². The van der Waals surface area contributed by atoms with Gasteiger partial charge in [0.1, 0.15) is 0 Å². The number of nitrogens with zero attached hydrogens (tertiary/aromatic N) is 4. The zero-order valence-corrected chi connectivity index (χ0v) is 14.5. The van der Waals surface area contributed by atoms with E-state index in [1.54, 1.807) is 18.3 Å². The van der Waals surface area contributed by atoms with Gasteiger partial charge in [-0.25, -0.2) is 0 Å². The van der Waals surface area contributed by atoms with Gasteiger partial charge in [-0.2, -0.15) is 9.38 Å². The molecule has 2 atom stereocenters. The van der Waals surface area contributed by atoms with Crippen LogP contribution in [0.5, 0.6) is 0 Å². The van der Waals surface area contributed by atoms with Gasteiger partial charge < -0.3 is 24.9 Å². The van der Waals surface area contributed by atoms with Crippen LogP contribution in [0.1, 0.15) is 6.42 Å². The second kappa shape index (κ2) is 7.56. The molecule has 0 aromatic carbocycles. The lowest BCUT2D eigenvalue weighted by Gasteiger charge is -2.37. The van der Waals surface area contributed by atoms with E-state index in [1.807, 2.05) is 6.07 Å². The van der Waals surface area contributed by atoms with Crippen molar-refractivity contribution in [3.05, 3.63) is 34.5 Å². The van der Waals surface area contributed by atoms with Crippen molar-refractivity contribution >= 4 is 17.3 Å². The normalized spacial score (nSPS) is 22.5. The molecule has 2 fully saturated rings. The molecule has 2 aliphatic heterocycles. The summed E-state index contributed by atoms with van der Waals surface area (Å²) in [5.41, 5.74) is 0.564. The zero-order valence-electron chi connectivity index (χ0n) is 14.5. The van der Waals surface area contributed by atoms with Gasteiger partial charge in [-0.15, -0.1) is 0 Å². The maximum atomic E-state index is 11.6. The number of imidazole rings is 1. The van der Waals surface area contributed by atoms with E-state index in [-0.39, 0.29) is 16.8 Å². The van der Waals surface area contributed by atoms with Crippen molar-refractivity contribution in [3.8, 4) is 0 Å². The van der Waals surface area contributed by atoms with Crippen LogP contribution in [0.3, 0.4) is 0 Å². The van der Waals surface area contributed by atoms with Crippen molar-refractivity contribution in [2.75, 3.05) is 51.4 Å². The van der Waals surface area contributed by atoms with Gasteiger partial charge in [-0.3, -0.25) is 4.90 Å². The van der Waals surface area contributed by atoms with Crippen LogP contribution in [0.2, 0.25) is 0 Å². The van der Waals surface area contributed by atoms with Crippen molar-refractivity contribution in [3.63, 3.8) is 0 Å². The Hall–Kier alpha value is -2.23. The third kappa shape index (κ3) is 3.37. The predicted molar refractivity (Wildman–Crippen MR) is 95.4 cm³/mol. The molecule has 2 saturated heterocycles. The summed E-state index contributed by atoms with van der Waals surface area (Å²) in [6.07, 6.45) is 2.67. The number of anilines is 1. The third-order valence-electron chi connectivity index (χ3n) is 5.18. The minimum atomic E-state index is -0.384. The number of hydrogen-bond donors (Lipinski definition) is 1. The summed E-state index contributed by atoms with van der Waals surface area (Å²) in [5.74, 6) is 0.707. The first kappa shape index (κ1) is 17.2. The van der Waals surface area contributed by atoms with Crippen LogP contribution in [0.4, 0.5) is 11.6 Å². The molecule has 2 aliphatic rings. The minimum Gasteiger partial charge on any atom is -0.381 e. The van der Waals surface area contributed by atoms with E-state index in [0.717, 1.165) is 45.9 Å². The number of nitrogens with one attached hydrogen (secondary N) is 1. The second-order valence-corrected chi connectivity index (χ2v) is 6.69. The van der Waals surface area contributed by atoms with Gasteiger partial charge in [-0.1, -0.05) is 6.07 Å². The molecular weight excluding hydrogens is 338 g/mol. The molecule has 4 heterocycles. The van der Waals surface area contributed by atoms with Crippen LogP contribution in [0, 0.1) is 16.0 Å². The fourth-order valence-corrected chi connectivity index (χ4v) is 3.84. The molecule has 0 amide bonds. The van der Waals surface area contributed by atoms with E-state index in [2.05, 4.69) is 15.2 Å². The number of morpholine rings is 1. The molecule has 0 unspecified atom stereocenters. The van der Waals surface area contributed by atoms with Crippen molar-refractivity contribution < 1.29 is 14.4 Å². The Labute approximate surface area is 151 Å². The predicted octanol–water partition coefficient (Wildman–Crippen LogP) is 1.39. The number of ether oxygens (including phenoxy) is 2. The minimum absolute atomic E-state index is 0.0241. The molecule has 140 valence electrons. The molecule has 1 N–H and O–H groups in total. The molecule has 4 rings (SSSR count). The summed E-state index contributed by atoms with van der Waals surface area (Å²) in [7, 11) is 0. The van der Waals surface area contributed by atoms with Gasteiger partial charge in [0.25, 0.3) is 0 Å². The Morgan fingerprint density at radius 2 is 2.15 bits per heavy atom. The van der Waals surface area contributed by atoms with Crippen LogP contribution in [0.25, 0.3) is 5.65 Å². The fraction of sp³-hybridized carbons (Fsp3) is 0.588. The van der Waals surface area contributed by atoms with E-state index in [9.17, 15) is 10.1 Å². The molecule has 0 aliphatic carbocycles. The summed E-state index contributed by atoms with van der Waals surface area (Å²) in [6, 6.07) is 5.59. The zero-order chi connectivity index (χ0) is 17.9. The maximum Gasteiger partial charge on any atom is 0.372 e. The Balaban J connectivity index is 1.56. The highest BCUT2D eigenvalue weighted by Crippen LogP contribution is 2.27. The average Bonchev–Trinajstić information content (AvgIpc) is 3.30. The quantitative estimate of drug-likeness (QED) is 0.614. The van der Waals surface area contributed by atoms with Gasteiger partial charge in [-0.05, 0) is 17.4 Å². The van der Waals surface area contributed by atoms with Crippen LogP contribution >= 0.6 is 0 Å². The topological polar surface area (TPSA) is 94.2 Å². The number of pyridine rings is 1. The first-order valence-electron chi connectivity index (χ1n) is 8.99. The first-order chi connectivity index (χ1) is 12.7. The summed E-state index contributed by atoms with van der Waals surface area (Å²) in [6.45, 7) is 5.29. The van der Waals surface area contributed by atoms with Crippen molar-refractivity contribution in [2.24, 2.45) is 5.92 Å². The van der Waals surface area contributed by atoms with E-state index in [0.29, 0.717) is 23.9 Å². The van der Waals surface area contributed by atoms with Crippen LogP contribution in [0.15, 0.2) is 24.4 Å². The van der Waals surface area contributed by atoms with Gasteiger partial charge in [0.2, 0.25) is 11.5 Å². The molecule has 2 aromatic heterocycles. The second-order valence-electron chi connectivity index (χ2n) is 6.69. The molecule has 0 bridgehead atoms. The van der Waals surface area contributed by atoms with Gasteiger partial charge >= 0.3 is 5.82 Å². The third-order valence-corrected chi connectivity index (χ3v) is 5.18. The van der Waals surface area contributed by atoms with Crippen molar-refractivity contribution in [1.29, 1.82) is 0 Å². The molecule has 9 heteroatoms. The molecular formula is C17H23N5O4. The SMILES string of the molecule is O=[N+]([O-])c1c(NC[C@@H]([C@@H]2CCOC2)N2CCOCC2)nc2ccccn12. The summed E-state index contributed by atoms with van der Waals surface area (Å²) >= 11 is 0. The molecule has 0 saturated carbocycles. The standard InChI is InChI=1S/C17H23N5O4/c23-22(24)17-16(19-15-3-1-2-5-21(15)17)18-11-14(13-4-8-26-12-13)20-6-9-25-10-7-20/h1-3,5,13-14,18H,4,6-12H2/t13-,14+/m1/s1. The number of fused-ring (bicyclic) bond motifs is 1. The van der Waals surface area contributed by atoms with Gasteiger partial charge in [0.05, 0.1) is 26.0 Å². The Morgan fingerprint density at radius 1 is 1.31 bits per heavy atom. The number of aromatic nitrogens is 2. The lowest BCUT2D eigenvalue weighted by atomic mass is 9.97. The molecule has 0 radical (unpaired) electrons. The van der Waals surface area contributed by atoms with E-state index in [4.69, 9.17) is 9.47 Å². The fourth-order valence-electron chi connectivity index (χ4n) is 3.84. The van der Waals surface area contributed by atoms with E-state index < -0.39 is 0 Å². The van der Waals surface area contributed by atoms with Crippen LogP contribution < -0.4 is 5.32 Å². The van der Waals surface area contributed by atoms with E-state index >= 15 is 0 Å². The Kier molecular flexibility index (Phi) is 5.00. The average molecular weight is 361 g/mol. The summed E-state index contributed by atoms with van der Waals surface area (Å²) in [4.78, 5) is 18.0. The largest absolute Gasteiger partial charge is 0.381 e.